The van der Waals surface area contributed by atoms with Crippen LogP contribution < -0.4 is 5.32 Å². The van der Waals surface area contributed by atoms with Crippen LogP contribution in [0.4, 0.5) is 0 Å². The highest BCUT2D eigenvalue weighted by Gasteiger charge is 2.59. The molecular formula is C25H47N3O2S. The van der Waals surface area contributed by atoms with E-state index in [1.807, 2.05) is 0 Å². The number of nitrogens with one attached hydrogen (secondary N) is 1. The fourth-order valence-corrected chi connectivity index (χ4v) is 8.40. The second-order valence-corrected chi connectivity index (χ2v) is 14.1. The van der Waals surface area contributed by atoms with Crippen LogP contribution in [0.2, 0.25) is 0 Å². The molecular weight excluding hydrogens is 406 g/mol. The molecule has 0 bridgehead atoms. The number of fused-ring (bicyclic) bond motifs is 1. The van der Waals surface area contributed by atoms with Crippen molar-refractivity contribution in [2.75, 3.05) is 32.4 Å². The first-order chi connectivity index (χ1) is 14.6. The average Bonchev–Trinajstić information content (AvgIpc) is 2.86. The van der Waals surface area contributed by atoms with Crippen LogP contribution in [0.15, 0.2) is 0 Å². The van der Waals surface area contributed by atoms with Gasteiger partial charge in [0.25, 0.3) is 0 Å². The number of hydrogen-bond acceptors (Lipinski definition) is 4. The van der Waals surface area contributed by atoms with Crippen LogP contribution in [0.3, 0.4) is 0 Å². The Hall–Kier alpha value is -0.170. The molecule has 4 rings (SSSR count). The first-order valence-corrected chi connectivity index (χ1v) is 14.9. The van der Waals surface area contributed by atoms with Crippen molar-refractivity contribution in [1.29, 1.82) is 0 Å². The summed E-state index contributed by atoms with van der Waals surface area (Å²) >= 11 is 0. The fourth-order valence-electron chi connectivity index (χ4n) is 7.52. The molecule has 3 aliphatic heterocycles. The summed E-state index contributed by atoms with van der Waals surface area (Å²) < 4.78 is 25.7. The van der Waals surface area contributed by atoms with E-state index < -0.39 is 10.0 Å². The zero-order chi connectivity index (χ0) is 22.3. The van der Waals surface area contributed by atoms with Gasteiger partial charge in [0, 0.05) is 25.7 Å². The van der Waals surface area contributed by atoms with Gasteiger partial charge in [0.2, 0.25) is 10.0 Å². The van der Waals surface area contributed by atoms with E-state index in [-0.39, 0.29) is 11.1 Å². The Balaban J connectivity index is 1.60. The first-order valence-electron chi connectivity index (χ1n) is 13.1. The highest BCUT2D eigenvalue weighted by Crippen LogP contribution is 2.53. The number of sulfonamides is 1. The Bertz CT molecular complexity index is 703. The number of hydrogen-bond donors (Lipinski definition) is 1. The maximum absolute atomic E-state index is 12.0. The summed E-state index contributed by atoms with van der Waals surface area (Å²) in [5.41, 5.74) is 0.443. The highest BCUT2D eigenvalue weighted by molar-refractivity contribution is 7.88. The lowest BCUT2D eigenvalue weighted by molar-refractivity contribution is -0.0609. The second-order valence-electron chi connectivity index (χ2n) is 12.2. The molecule has 3 unspecified atom stereocenters. The van der Waals surface area contributed by atoms with Gasteiger partial charge in [-0.05, 0) is 74.7 Å². The van der Waals surface area contributed by atoms with Gasteiger partial charge in [-0.3, -0.25) is 10.2 Å². The molecule has 180 valence electrons. The molecule has 3 atom stereocenters. The van der Waals surface area contributed by atoms with E-state index in [0.717, 1.165) is 37.8 Å². The Kier molecular flexibility index (Phi) is 7.14. The minimum absolute atomic E-state index is 0.175. The maximum atomic E-state index is 12.0. The van der Waals surface area contributed by atoms with Gasteiger partial charge >= 0.3 is 0 Å². The molecule has 5 nitrogen and oxygen atoms in total. The number of rotatable bonds is 4. The lowest BCUT2D eigenvalue weighted by Gasteiger charge is -2.54. The van der Waals surface area contributed by atoms with Crippen molar-refractivity contribution in [3.05, 3.63) is 0 Å². The smallest absolute Gasteiger partial charge is 0.211 e. The average molecular weight is 454 g/mol. The highest BCUT2D eigenvalue weighted by atomic mass is 32.2. The third-order valence-electron chi connectivity index (χ3n) is 9.09. The monoisotopic (exact) mass is 453 g/mol. The van der Waals surface area contributed by atoms with E-state index in [0.29, 0.717) is 25.0 Å². The molecule has 4 fully saturated rings. The normalized spacial score (nSPS) is 35.7. The van der Waals surface area contributed by atoms with Crippen LogP contribution in [0.1, 0.15) is 91.4 Å². The SMILES string of the molecule is CC(C)(C)C1CC2CCCNC2(C2CCCCCC2)N1CC1CCN(S(C)(=O)=O)CC1. The van der Waals surface area contributed by atoms with Crippen LogP contribution in [0, 0.1) is 23.2 Å². The zero-order valence-corrected chi connectivity index (χ0v) is 21.4. The van der Waals surface area contributed by atoms with Gasteiger partial charge in [-0.25, -0.2) is 12.7 Å². The van der Waals surface area contributed by atoms with Crippen molar-refractivity contribution in [1.82, 2.24) is 14.5 Å². The molecule has 1 aliphatic carbocycles. The van der Waals surface area contributed by atoms with E-state index >= 15 is 0 Å². The predicted molar refractivity (Wildman–Crippen MR) is 128 cm³/mol. The minimum atomic E-state index is -3.06. The topological polar surface area (TPSA) is 52.6 Å². The first kappa shape index (κ1) is 24.0. The minimum Gasteiger partial charge on any atom is -0.299 e. The van der Waals surface area contributed by atoms with Gasteiger partial charge in [0.05, 0.1) is 11.9 Å². The third kappa shape index (κ3) is 4.88. The standard InChI is InChI=1S/C25H47N3O2S/c1-24(2,3)23-18-22-12-9-15-26-25(22,21-10-7-5-6-8-11-21)28(23)19-20-13-16-27(17-14-20)31(4,29)30/h20-23,26H,5-19H2,1-4H3. The van der Waals surface area contributed by atoms with Gasteiger partial charge < -0.3 is 0 Å². The Morgan fingerprint density at radius 1 is 0.903 bits per heavy atom. The molecule has 3 heterocycles. The fraction of sp³-hybridized carbons (Fsp3) is 1.00. The quantitative estimate of drug-likeness (QED) is 0.639. The number of piperidine rings is 2. The predicted octanol–water partition coefficient (Wildman–Crippen LogP) is 4.44. The molecule has 0 amide bonds. The molecule has 0 aromatic heterocycles. The molecule has 0 spiro atoms. The summed E-state index contributed by atoms with van der Waals surface area (Å²) in [5.74, 6) is 2.14. The molecule has 31 heavy (non-hydrogen) atoms. The van der Waals surface area contributed by atoms with Gasteiger partial charge in [-0.15, -0.1) is 0 Å². The van der Waals surface area contributed by atoms with E-state index in [1.54, 1.807) is 4.31 Å². The molecule has 0 aromatic rings. The van der Waals surface area contributed by atoms with Crippen molar-refractivity contribution < 1.29 is 8.42 Å². The molecule has 3 saturated heterocycles. The Morgan fingerprint density at radius 2 is 1.52 bits per heavy atom. The van der Waals surface area contributed by atoms with E-state index in [1.165, 1.54) is 64.0 Å². The second kappa shape index (κ2) is 9.23. The van der Waals surface area contributed by atoms with Gasteiger partial charge in [-0.2, -0.15) is 0 Å². The lowest BCUT2D eigenvalue weighted by atomic mass is 9.73. The van der Waals surface area contributed by atoms with Crippen molar-refractivity contribution in [3.63, 3.8) is 0 Å². The van der Waals surface area contributed by atoms with Crippen LogP contribution in [0.25, 0.3) is 0 Å². The molecule has 4 aliphatic rings. The Labute approximate surface area is 191 Å². The maximum Gasteiger partial charge on any atom is 0.211 e. The van der Waals surface area contributed by atoms with Crippen molar-refractivity contribution in [3.8, 4) is 0 Å². The van der Waals surface area contributed by atoms with Crippen molar-refractivity contribution in [2.24, 2.45) is 23.2 Å². The third-order valence-corrected chi connectivity index (χ3v) is 10.4. The van der Waals surface area contributed by atoms with Gasteiger partial charge in [0.1, 0.15) is 0 Å². The lowest BCUT2D eigenvalue weighted by Crippen LogP contribution is -2.68. The summed E-state index contributed by atoms with van der Waals surface area (Å²) in [4.78, 5) is 2.97. The summed E-state index contributed by atoms with van der Waals surface area (Å²) in [5, 5.41) is 4.19. The van der Waals surface area contributed by atoms with Crippen LogP contribution in [0.5, 0.6) is 0 Å². The van der Waals surface area contributed by atoms with E-state index in [9.17, 15) is 8.42 Å². The van der Waals surface area contributed by atoms with Gasteiger partial charge in [0.15, 0.2) is 0 Å². The summed E-state index contributed by atoms with van der Waals surface area (Å²) in [6, 6.07) is 0.610. The molecule has 1 saturated carbocycles. The molecule has 0 radical (unpaired) electrons. The summed E-state index contributed by atoms with van der Waals surface area (Å²) in [6.45, 7) is 11.0. The molecule has 1 N–H and O–H groups in total. The summed E-state index contributed by atoms with van der Waals surface area (Å²) in [7, 11) is -3.06. The van der Waals surface area contributed by atoms with Crippen LogP contribution >= 0.6 is 0 Å². The van der Waals surface area contributed by atoms with Gasteiger partial charge in [-0.1, -0.05) is 46.5 Å². The van der Waals surface area contributed by atoms with Crippen LogP contribution in [-0.2, 0) is 10.0 Å². The van der Waals surface area contributed by atoms with Crippen LogP contribution in [-0.4, -0.2) is 61.8 Å². The number of likely N-dealkylation sites (tertiary alicyclic amines) is 1. The van der Waals surface area contributed by atoms with E-state index in [2.05, 4.69) is 31.0 Å². The number of nitrogens with zero attached hydrogens (tertiary/aromatic N) is 2. The Morgan fingerprint density at radius 3 is 2.10 bits per heavy atom. The van der Waals surface area contributed by atoms with E-state index in [4.69, 9.17) is 0 Å². The zero-order valence-electron chi connectivity index (χ0n) is 20.5. The van der Waals surface area contributed by atoms with Crippen molar-refractivity contribution in [2.45, 2.75) is 103 Å². The molecule has 0 aromatic carbocycles. The molecule has 6 heteroatoms. The summed E-state index contributed by atoms with van der Waals surface area (Å²) in [6.07, 6.45) is 15.7. The largest absolute Gasteiger partial charge is 0.299 e. The van der Waals surface area contributed by atoms with Crippen molar-refractivity contribution >= 4 is 10.0 Å².